The average Bonchev–Trinajstić information content (AvgIpc) is 3.10. The number of nitrogens with zero attached hydrogens (tertiary/aromatic N) is 1. The molecule has 1 N–H and O–H groups in total. The summed E-state index contributed by atoms with van der Waals surface area (Å²) in [6.07, 6.45) is 0. The highest BCUT2D eigenvalue weighted by molar-refractivity contribution is 6.52. The monoisotopic (exact) mass is 489 g/mol. The molecule has 3 aromatic carbocycles. The van der Waals surface area contributed by atoms with Crippen molar-refractivity contribution in [2.45, 2.75) is 39.2 Å². The van der Waals surface area contributed by atoms with Crippen molar-refractivity contribution in [3.05, 3.63) is 99.6 Å². The van der Waals surface area contributed by atoms with Gasteiger partial charge in [-0.2, -0.15) is 0 Å². The number of Topliss-reactive ketones (excluding diaryl/α,β-unsaturated/α-hetero) is 1. The molecule has 4 rings (SSSR count). The van der Waals surface area contributed by atoms with E-state index in [2.05, 4.69) is 20.8 Å². The first-order chi connectivity index (χ1) is 16.5. The molecule has 0 radical (unpaired) electrons. The third-order valence-electron chi connectivity index (χ3n) is 6.31. The number of carbonyl (C=O) groups is 2. The molecule has 1 unspecified atom stereocenters. The number of carbonyl (C=O) groups excluding carboxylic acids is 2. The summed E-state index contributed by atoms with van der Waals surface area (Å²) in [6, 6.07) is 19.0. The zero-order chi connectivity index (χ0) is 25.5. The molecule has 1 heterocycles. The molecular weight excluding hydrogens is 462 g/mol. The Labute approximate surface area is 210 Å². The van der Waals surface area contributed by atoms with E-state index in [0.29, 0.717) is 27.6 Å². The van der Waals surface area contributed by atoms with Gasteiger partial charge in [0.2, 0.25) is 0 Å². The molecule has 3 aromatic rings. The van der Waals surface area contributed by atoms with Crippen molar-refractivity contribution in [3.8, 4) is 5.75 Å². The number of benzene rings is 3. The third-order valence-corrected chi connectivity index (χ3v) is 6.55. The van der Waals surface area contributed by atoms with Gasteiger partial charge in [0.25, 0.3) is 11.7 Å². The fraction of sp³-hybridized carbons (Fsp3) is 0.241. The SMILES string of the molecule is COc1cccc(/C(O)=C2\C(=O)C(=O)N(c3cc(Cl)ccc3C)C2c2ccc(C(C)(C)C)cc2)c1. The zero-order valence-electron chi connectivity index (χ0n) is 20.4. The summed E-state index contributed by atoms with van der Waals surface area (Å²) in [5, 5.41) is 11.8. The van der Waals surface area contributed by atoms with Gasteiger partial charge in [-0.3, -0.25) is 14.5 Å². The van der Waals surface area contributed by atoms with Crippen molar-refractivity contribution in [2.24, 2.45) is 0 Å². The van der Waals surface area contributed by atoms with E-state index < -0.39 is 17.7 Å². The number of anilines is 1. The van der Waals surface area contributed by atoms with E-state index in [1.54, 1.807) is 42.5 Å². The Balaban J connectivity index is 1.96. The van der Waals surface area contributed by atoms with Crippen molar-refractivity contribution >= 4 is 34.7 Å². The van der Waals surface area contributed by atoms with E-state index in [1.807, 2.05) is 31.2 Å². The third kappa shape index (κ3) is 4.56. The fourth-order valence-electron chi connectivity index (χ4n) is 4.33. The minimum atomic E-state index is -0.826. The van der Waals surface area contributed by atoms with E-state index >= 15 is 0 Å². The molecule has 1 amide bonds. The van der Waals surface area contributed by atoms with E-state index in [4.69, 9.17) is 16.3 Å². The molecule has 1 fully saturated rings. The number of ether oxygens (including phenoxy) is 1. The van der Waals surface area contributed by atoms with Crippen molar-refractivity contribution < 1.29 is 19.4 Å². The summed E-state index contributed by atoms with van der Waals surface area (Å²) in [5.74, 6) is -1.20. The van der Waals surface area contributed by atoms with Crippen LogP contribution in [0.5, 0.6) is 5.75 Å². The maximum absolute atomic E-state index is 13.4. The highest BCUT2D eigenvalue weighted by Gasteiger charge is 2.47. The lowest BCUT2D eigenvalue weighted by Gasteiger charge is -2.28. The summed E-state index contributed by atoms with van der Waals surface area (Å²) in [6.45, 7) is 8.21. The van der Waals surface area contributed by atoms with Crippen molar-refractivity contribution in [2.75, 3.05) is 12.0 Å². The normalized spacial score (nSPS) is 17.7. The maximum Gasteiger partial charge on any atom is 0.300 e. The van der Waals surface area contributed by atoms with Gasteiger partial charge < -0.3 is 9.84 Å². The minimum absolute atomic E-state index is 0.0196. The van der Waals surface area contributed by atoms with Gasteiger partial charge in [0.05, 0.1) is 18.7 Å². The first kappa shape index (κ1) is 24.6. The number of aryl methyl sites for hydroxylation is 1. The van der Waals surface area contributed by atoms with Gasteiger partial charge in [0.1, 0.15) is 11.5 Å². The fourth-order valence-corrected chi connectivity index (χ4v) is 4.50. The Morgan fingerprint density at radius 2 is 1.69 bits per heavy atom. The molecule has 5 nitrogen and oxygen atoms in total. The second-order valence-electron chi connectivity index (χ2n) is 9.70. The second-order valence-corrected chi connectivity index (χ2v) is 10.1. The molecule has 0 aromatic heterocycles. The molecule has 1 aliphatic heterocycles. The molecule has 1 aliphatic rings. The molecule has 0 aliphatic carbocycles. The van der Waals surface area contributed by atoms with Crippen LogP contribution in [0.4, 0.5) is 5.69 Å². The summed E-state index contributed by atoms with van der Waals surface area (Å²) in [4.78, 5) is 28.2. The van der Waals surface area contributed by atoms with Crippen LogP contribution in [0.25, 0.3) is 5.76 Å². The molecule has 35 heavy (non-hydrogen) atoms. The van der Waals surface area contributed by atoms with Crippen LogP contribution < -0.4 is 9.64 Å². The van der Waals surface area contributed by atoms with Gasteiger partial charge in [-0.25, -0.2) is 0 Å². The number of ketones is 1. The van der Waals surface area contributed by atoms with Crippen LogP contribution in [0.3, 0.4) is 0 Å². The number of rotatable bonds is 4. The van der Waals surface area contributed by atoms with Crippen molar-refractivity contribution in [1.29, 1.82) is 0 Å². The number of methoxy groups -OCH3 is 1. The number of halogens is 1. The predicted molar refractivity (Wildman–Crippen MR) is 139 cm³/mol. The summed E-state index contributed by atoms with van der Waals surface area (Å²) < 4.78 is 5.28. The Bertz CT molecular complexity index is 1340. The lowest BCUT2D eigenvalue weighted by Crippen LogP contribution is -2.30. The van der Waals surface area contributed by atoms with Gasteiger partial charge >= 0.3 is 0 Å². The Kier molecular flexibility index (Phi) is 6.48. The van der Waals surface area contributed by atoms with Gasteiger partial charge in [0.15, 0.2) is 0 Å². The lowest BCUT2D eigenvalue weighted by molar-refractivity contribution is -0.132. The first-order valence-corrected chi connectivity index (χ1v) is 11.7. The lowest BCUT2D eigenvalue weighted by atomic mass is 9.85. The van der Waals surface area contributed by atoms with Crippen LogP contribution in [0, 0.1) is 6.92 Å². The highest BCUT2D eigenvalue weighted by Crippen LogP contribution is 2.44. The van der Waals surface area contributed by atoms with Crippen LogP contribution in [-0.4, -0.2) is 23.9 Å². The summed E-state index contributed by atoms with van der Waals surface area (Å²) in [5.41, 5.74) is 3.48. The average molecular weight is 490 g/mol. The van der Waals surface area contributed by atoms with E-state index in [9.17, 15) is 14.7 Å². The number of hydrogen-bond donors (Lipinski definition) is 1. The Hall–Kier alpha value is -3.57. The quantitative estimate of drug-likeness (QED) is 0.255. The second kappa shape index (κ2) is 9.23. The van der Waals surface area contributed by atoms with Crippen molar-refractivity contribution in [1.82, 2.24) is 0 Å². The molecule has 0 spiro atoms. The topological polar surface area (TPSA) is 66.8 Å². The summed E-state index contributed by atoms with van der Waals surface area (Å²) in [7, 11) is 1.52. The molecule has 0 bridgehead atoms. The number of aliphatic hydroxyl groups is 1. The van der Waals surface area contributed by atoms with Crippen LogP contribution in [0.1, 0.15) is 49.1 Å². The largest absolute Gasteiger partial charge is 0.507 e. The Morgan fingerprint density at radius 1 is 1.00 bits per heavy atom. The van der Waals surface area contributed by atoms with E-state index in [-0.39, 0.29) is 16.7 Å². The predicted octanol–water partition coefficient (Wildman–Crippen LogP) is 6.58. The molecular formula is C29H28ClNO4. The zero-order valence-corrected chi connectivity index (χ0v) is 21.2. The highest BCUT2D eigenvalue weighted by atomic mass is 35.5. The molecule has 1 saturated heterocycles. The molecule has 6 heteroatoms. The summed E-state index contributed by atoms with van der Waals surface area (Å²) >= 11 is 6.27. The van der Waals surface area contributed by atoms with Gasteiger partial charge in [-0.05, 0) is 53.3 Å². The van der Waals surface area contributed by atoms with Crippen LogP contribution in [0.2, 0.25) is 5.02 Å². The maximum atomic E-state index is 13.4. The van der Waals surface area contributed by atoms with Crippen LogP contribution in [-0.2, 0) is 15.0 Å². The van der Waals surface area contributed by atoms with Gasteiger partial charge in [-0.15, -0.1) is 0 Å². The van der Waals surface area contributed by atoms with Crippen molar-refractivity contribution in [3.63, 3.8) is 0 Å². The van der Waals surface area contributed by atoms with Gasteiger partial charge in [-0.1, -0.05) is 74.8 Å². The van der Waals surface area contributed by atoms with Crippen LogP contribution >= 0.6 is 11.6 Å². The van der Waals surface area contributed by atoms with E-state index in [0.717, 1.165) is 11.1 Å². The minimum Gasteiger partial charge on any atom is -0.507 e. The van der Waals surface area contributed by atoms with E-state index in [1.165, 1.54) is 12.0 Å². The Morgan fingerprint density at radius 3 is 2.31 bits per heavy atom. The molecule has 0 saturated carbocycles. The smallest absolute Gasteiger partial charge is 0.300 e. The first-order valence-electron chi connectivity index (χ1n) is 11.3. The molecule has 1 atom stereocenters. The van der Waals surface area contributed by atoms with Gasteiger partial charge in [0, 0.05) is 16.3 Å². The standard InChI is InChI=1S/C29H28ClNO4/c1-17-9-14-21(30)16-23(17)31-25(18-10-12-20(13-11-18)29(2,3)4)24(27(33)28(31)34)26(32)19-7-6-8-22(15-19)35-5/h6-16,25,32H,1-5H3/b26-24+. The number of amides is 1. The van der Waals surface area contributed by atoms with Crippen LogP contribution in [0.15, 0.2) is 72.3 Å². The number of aliphatic hydroxyl groups excluding tert-OH is 1. The molecule has 180 valence electrons. The number of hydrogen-bond acceptors (Lipinski definition) is 4.